The topological polar surface area (TPSA) is 70.1 Å². The van der Waals surface area contributed by atoms with Crippen molar-refractivity contribution < 1.29 is 9.53 Å². The van der Waals surface area contributed by atoms with E-state index in [2.05, 4.69) is 16.3 Å². The minimum atomic E-state index is -0.498. The third kappa shape index (κ3) is 2.49. The van der Waals surface area contributed by atoms with Gasteiger partial charge in [0.05, 0.1) is 7.11 Å². The van der Waals surface area contributed by atoms with Crippen LogP contribution in [0.25, 0.3) is 0 Å². The molecule has 1 unspecified atom stereocenters. The van der Waals surface area contributed by atoms with Crippen LogP contribution in [-0.2, 0) is 11.2 Å². The van der Waals surface area contributed by atoms with Crippen LogP contribution in [0.2, 0.25) is 0 Å². The van der Waals surface area contributed by atoms with Crippen molar-refractivity contribution in [3.63, 3.8) is 0 Å². The molecule has 1 rings (SSSR count). The Morgan fingerprint density at radius 3 is 2.82 bits per heavy atom. The first-order valence-corrected chi connectivity index (χ1v) is 5.62. The average Bonchev–Trinajstić information content (AvgIpc) is 2.65. The number of ether oxygens (including phenoxy) is 1. The van der Waals surface area contributed by atoms with Crippen LogP contribution >= 0.6 is 0 Å². The Bertz CT molecular complexity index is 424. The summed E-state index contributed by atoms with van der Waals surface area (Å²) in [5.74, 6) is 0.655. The van der Waals surface area contributed by atoms with Gasteiger partial charge in [0.1, 0.15) is 11.6 Å². The van der Waals surface area contributed by atoms with Crippen LogP contribution < -0.4 is 5.73 Å². The molecule has 0 aliphatic heterocycles. The molecule has 1 heterocycles. The van der Waals surface area contributed by atoms with Gasteiger partial charge in [-0.15, -0.1) is 6.58 Å². The zero-order valence-corrected chi connectivity index (χ0v) is 10.6. The molecule has 0 radical (unpaired) electrons. The van der Waals surface area contributed by atoms with E-state index in [1.807, 2.05) is 24.5 Å². The van der Waals surface area contributed by atoms with Crippen molar-refractivity contribution in [3.05, 3.63) is 24.2 Å². The summed E-state index contributed by atoms with van der Waals surface area (Å²) in [5.41, 5.74) is 6.15. The van der Waals surface area contributed by atoms with Crippen molar-refractivity contribution in [2.24, 2.45) is 0 Å². The van der Waals surface area contributed by atoms with Gasteiger partial charge in [-0.05, 0) is 13.3 Å². The number of carbonyl (C=O) groups excluding carboxylic acids is 1. The molecule has 0 saturated carbocycles. The second-order valence-electron chi connectivity index (χ2n) is 3.85. The smallest absolute Gasteiger partial charge is 0.360 e. The highest BCUT2D eigenvalue weighted by Crippen LogP contribution is 2.23. The lowest BCUT2D eigenvalue weighted by atomic mass is 10.2. The Morgan fingerprint density at radius 1 is 1.71 bits per heavy atom. The number of methoxy groups -OCH3 is 1. The molecule has 0 saturated heterocycles. The fourth-order valence-electron chi connectivity index (χ4n) is 1.83. The lowest BCUT2D eigenvalue weighted by molar-refractivity contribution is 0.0595. The summed E-state index contributed by atoms with van der Waals surface area (Å²) in [7, 11) is 1.32. The summed E-state index contributed by atoms with van der Waals surface area (Å²) in [6, 6.07) is 0.133. The van der Waals surface area contributed by atoms with Crippen LogP contribution in [0.15, 0.2) is 12.7 Å². The zero-order chi connectivity index (χ0) is 13.0. The number of anilines is 1. The maximum atomic E-state index is 11.5. The molecule has 0 amide bonds. The van der Waals surface area contributed by atoms with Gasteiger partial charge in [0.25, 0.3) is 0 Å². The Balaban J connectivity index is 3.23. The van der Waals surface area contributed by atoms with Crippen molar-refractivity contribution >= 4 is 11.8 Å². The van der Waals surface area contributed by atoms with E-state index in [1.165, 1.54) is 7.11 Å². The van der Waals surface area contributed by atoms with Crippen molar-refractivity contribution in [3.8, 4) is 0 Å². The normalized spacial score (nSPS) is 12.2. The highest BCUT2D eigenvalue weighted by molar-refractivity contribution is 5.92. The molecule has 0 aliphatic rings. The molecule has 1 atom stereocenters. The van der Waals surface area contributed by atoms with E-state index in [9.17, 15) is 4.79 Å². The van der Waals surface area contributed by atoms with E-state index in [-0.39, 0.29) is 11.7 Å². The second-order valence-corrected chi connectivity index (χ2v) is 3.85. The number of esters is 1. The number of rotatable bonds is 5. The molecule has 0 aliphatic carbocycles. The maximum Gasteiger partial charge on any atom is 0.360 e. The molecule has 5 heteroatoms. The average molecular weight is 237 g/mol. The SMILES string of the molecule is C=CCC(C)n1c(CC)nc(C(=O)OC)c1N. The van der Waals surface area contributed by atoms with Crippen molar-refractivity contribution in [1.29, 1.82) is 0 Å². The molecule has 2 N–H and O–H groups in total. The van der Waals surface area contributed by atoms with E-state index in [0.717, 1.165) is 12.2 Å². The minimum Gasteiger partial charge on any atom is -0.464 e. The molecule has 0 spiro atoms. The minimum absolute atomic E-state index is 0.133. The third-order valence-corrected chi connectivity index (χ3v) is 2.66. The van der Waals surface area contributed by atoms with Crippen LogP contribution in [0.5, 0.6) is 0 Å². The number of hydrogen-bond acceptors (Lipinski definition) is 4. The number of nitrogen functional groups attached to an aromatic ring is 1. The van der Waals surface area contributed by atoms with Crippen LogP contribution in [-0.4, -0.2) is 22.6 Å². The second kappa shape index (κ2) is 5.52. The molecule has 0 bridgehead atoms. The van der Waals surface area contributed by atoms with Gasteiger partial charge in [0, 0.05) is 12.5 Å². The maximum absolute atomic E-state index is 11.5. The quantitative estimate of drug-likeness (QED) is 0.627. The van der Waals surface area contributed by atoms with Gasteiger partial charge in [0.15, 0.2) is 5.69 Å². The number of nitrogens with zero attached hydrogens (tertiary/aromatic N) is 2. The van der Waals surface area contributed by atoms with Crippen LogP contribution in [0.1, 0.15) is 42.6 Å². The zero-order valence-electron chi connectivity index (χ0n) is 10.6. The Kier molecular flexibility index (Phi) is 4.31. The van der Waals surface area contributed by atoms with Crippen molar-refractivity contribution in [2.45, 2.75) is 32.7 Å². The molecule has 0 aromatic carbocycles. The van der Waals surface area contributed by atoms with E-state index in [1.54, 1.807) is 0 Å². The Hall–Kier alpha value is -1.78. The lowest BCUT2D eigenvalue weighted by Gasteiger charge is -2.15. The van der Waals surface area contributed by atoms with Crippen LogP contribution in [0.3, 0.4) is 0 Å². The summed E-state index contributed by atoms with van der Waals surface area (Å²) >= 11 is 0. The molecule has 1 aromatic heterocycles. The summed E-state index contributed by atoms with van der Waals surface area (Å²) in [6.45, 7) is 7.69. The number of allylic oxidation sites excluding steroid dienone is 1. The van der Waals surface area contributed by atoms with Crippen LogP contribution in [0.4, 0.5) is 5.82 Å². The molecule has 1 aromatic rings. The van der Waals surface area contributed by atoms with Gasteiger partial charge >= 0.3 is 5.97 Å². The van der Waals surface area contributed by atoms with E-state index in [4.69, 9.17) is 5.73 Å². The summed E-state index contributed by atoms with van der Waals surface area (Å²) < 4.78 is 6.52. The van der Waals surface area contributed by atoms with Gasteiger partial charge in [-0.3, -0.25) is 0 Å². The monoisotopic (exact) mass is 237 g/mol. The molecule has 5 nitrogen and oxygen atoms in total. The Labute approximate surface area is 101 Å². The lowest BCUT2D eigenvalue weighted by Crippen LogP contribution is -2.12. The first-order valence-electron chi connectivity index (χ1n) is 5.62. The molecule has 17 heavy (non-hydrogen) atoms. The van der Waals surface area contributed by atoms with Gasteiger partial charge in [-0.25, -0.2) is 9.78 Å². The largest absolute Gasteiger partial charge is 0.464 e. The highest BCUT2D eigenvalue weighted by atomic mass is 16.5. The molecule has 94 valence electrons. The Morgan fingerprint density at radius 2 is 2.35 bits per heavy atom. The molecular weight excluding hydrogens is 218 g/mol. The predicted molar refractivity (Wildman–Crippen MR) is 66.9 cm³/mol. The molecular formula is C12H19N3O2. The summed E-state index contributed by atoms with van der Waals surface area (Å²) in [6.07, 6.45) is 3.30. The number of aromatic nitrogens is 2. The number of nitrogens with two attached hydrogens (primary N) is 1. The standard InChI is InChI=1S/C12H19N3O2/c1-5-7-8(3)15-9(6-2)14-10(11(15)13)12(16)17-4/h5,8H,1,6-7,13H2,2-4H3. The fraction of sp³-hybridized carbons (Fsp3) is 0.500. The van der Waals surface area contributed by atoms with E-state index >= 15 is 0 Å². The summed E-state index contributed by atoms with van der Waals surface area (Å²) in [4.78, 5) is 15.7. The van der Waals surface area contributed by atoms with Gasteiger partial charge in [-0.1, -0.05) is 13.0 Å². The van der Waals surface area contributed by atoms with Gasteiger partial charge in [-0.2, -0.15) is 0 Å². The van der Waals surface area contributed by atoms with E-state index in [0.29, 0.717) is 12.2 Å². The van der Waals surface area contributed by atoms with Crippen molar-refractivity contribution in [2.75, 3.05) is 12.8 Å². The number of hydrogen-bond donors (Lipinski definition) is 1. The van der Waals surface area contributed by atoms with Gasteiger partial charge < -0.3 is 15.0 Å². The van der Waals surface area contributed by atoms with Crippen molar-refractivity contribution in [1.82, 2.24) is 9.55 Å². The highest BCUT2D eigenvalue weighted by Gasteiger charge is 2.22. The number of aryl methyl sites for hydroxylation is 1. The first kappa shape index (κ1) is 13.3. The van der Waals surface area contributed by atoms with E-state index < -0.39 is 5.97 Å². The summed E-state index contributed by atoms with van der Waals surface area (Å²) in [5, 5.41) is 0. The third-order valence-electron chi connectivity index (χ3n) is 2.66. The van der Waals surface area contributed by atoms with Crippen LogP contribution in [0, 0.1) is 0 Å². The first-order chi connectivity index (χ1) is 8.06. The fourth-order valence-corrected chi connectivity index (χ4v) is 1.83. The predicted octanol–water partition coefficient (Wildman–Crippen LogP) is 1.95. The number of imidazole rings is 1. The van der Waals surface area contributed by atoms with Gasteiger partial charge in [0.2, 0.25) is 0 Å². The molecule has 0 fully saturated rings. The number of carbonyl (C=O) groups is 1.